The topological polar surface area (TPSA) is 144 Å². The van der Waals surface area contributed by atoms with E-state index in [1.165, 1.54) is 0 Å². The zero-order valence-corrected chi connectivity index (χ0v) is 31.8. The van der Waals surface area contributed by atoms with Gasteiger partial charge in [0.1, 0.15) is 17.1 Å². The fraction of sp³-hybridized carbons (Fsp3) is 0.516. The zero-order chi connectivity index (χ0) is 39.0. The number of rotatable bonds is 8. The number of carbonyl (C=O) groups excluding carboxylic acids is 3. The Morgan fingerprint density at radius 1 is 0.717 bits per heavy atom. The van der Waals surface area contributed by atoms with E-state index in [0.29, 0.717) is 0 Å². The molecule has 0 spiro atoms. The van der Waals surface area contributed by atoms with Crippen LogP contribution >= 0.6 is 24.8 Å². The van der Waals surface area contributed by atoms with Gasteiger partial charge in [0.15, 0.2) is 77.8 Å². The minimum absolute atomic E-state index is 0. The highest BCUT2D eigenvalue weighted by atomic mass is 35.5. The Labute approximate surface area is 312 Å². The van der Waals surface area contributed by atoms with Crippen molar-refractivity contribution < 1.29 is 71.1 Å². The van der Waals surface area contributed by atoms with Crippen LogP contribution in [0.15, 0.2) is 12.1 Å². The molecule has 53 heavy (non-hydrogen) atoms. The summed E-state index contributed by atoms with van der Waals surface area (Å²) in [4.78, 5) is 37.5. The molecule has 0 aliphatic carbocycles. The summed E-state index contributed by atoms with van der Waals surface area (Å²) in [5, 5.41) is 2.63. The average molecular weight is 852 g/mol. The van der Waals surface area contributed by atoms with Crippen LogP contribution in [-0.4, -0.2) is 94.2 Å². The minimum Gasteiger partial charge on any atom is -0.444 e. The summed E-state index contributed by atoms with van der Waals surface area (Å²) in [7, 11) is -7.28. The van der Waals surface area contributed by atoms with Gasteiger partial charge in [-0.25, -0.2) is 56.8 Å². The molecule has 22 heteroatoms. The van der Waals surface area contributed by atoms with E-state index in [4.69, 9.17) is 4.74 Å². The molecule has 0 saturated carbocycles. The predicted molar refractivity (Wildman–Crippen MR) is 180 cm³/mol. The summed E-state index contributed by atoms with van der Waals surface area (Å²) < 4.78 is 160. The molecule has 0 bridgehead atoms. The smallest absolute Gasteiger partial charge is 0.410 e. The Balaban J connectivity index is 0.000000528. The second kappa shape index (κ2) is 18.0. The Hall–Kier alpha value is -3.07. The van der Waals surface area contributed by atoms with Crippen molar-refractivity contribution in [2.24, 2.45) is 0 Å². The maximum Gasteiger partial charge on any atom is 0.410 e. The van der Waals surface area contributed by atoms with E-state index in [0.717, 1.165) is 17.4 Å². The molecule has 2 aliphatic heterocycles. The molecule has 10 nitrogen and oxygen atoms in total. The number of carbonyl (C=O) groups is 3. The van der Waals surface area contributed by atoms with Crippen molar-refractivity contribution in [2.75, 3.05) is 37.1 Å². The van der Waals surface area contributed by atoms with Gasteiger partial charge >= 0.3 is 6.09 Å². The number of benzene rings is 2. The molecule has 0 aromatic heterocycles. The summed E-state index contributed by atoms with van der Waals surface area (Å²) in [6, 6.07) is -2.14. The number of nitrogens with one attached hydrogen (secondary N) is 1. The third-order valence-electron chi connectivity index (χ3n) is 7.74. The number of likely N-dealkylation sites (tertiary alicyclic amines) is 1. The normalized spacial score (nSPS) is 20.1. The van der Waals surface area contributed by atoms with Crippen molar-refractivity contribution in [1.29, 1.82) is 0 Å². The Morgan fingerprint density at radius 2 is 1.11 bits per heavy atom. The van der Waals surface area contributed by atoms with Gasteiger partial charge in [-0.15, -0.1) is 24.8 Å². The SMILES string of the molecule is CC(C)(C)OC(=O)N1C[C@H](c2c(F)c(F)cc(F)c2F)CC1C(=O)CS(C)(=O)=O.CS(=O)(=O)CC(=O)C1C[C@@H](c2c(F)c(F)cc(F)c2F)CN1.Cl.Cl. The number of halogens is 10. The number of hydrogen-bond acceptors (Lipinski definition) is 9. The first kappa shape index (κ1) is 48.0. The van der Waals surface area contributed by atoms with Crippen molar-refractivity contribution in [1.82, 2.24) is 10.2 Å². The second-order valence-corrected chi connectivity index (χ2v) is 17.6. The van der Waals surface area contributed by atoms with Gasteiger partial charge in [-0.05, 0) is 33.6 Å². The van der Waals surface area contributed by atoms with Crippen molar-refractivity contribution in [2.45, 2.75) is 63.1 Å². The molecule has 2 heterocycles. The zero-order valence-electron chi connectivity index (χ0n) is 28.6. The maximum absolute atomic E-state index is 14.2. The van der Waals surface area contributed by atoms with Gasteiger partial charge in [-0.2, -0.15) is 0 Å². The van der Waals surface area contributed by atoms with E-state index in [2.05, 4.69) is 5.32 Å². The van der Waals surface area contributed by atoms with Crippen LogP contribution < -0.4 is 5.32 Å². The van der Waals surface area contributed by atoms with E-state index in [9.17, 15) is 66.3 Å². The highest BCUT2D eigenvalue weighted by Crippen LogP contribution is 2.38. The minimum atomic E-state index is -3.75. The van der Waals surface area contributed by atoms with Gasteiger partial charge in [0.2, 0.25) is 0 Å². The van der Waals surface area contributed by atoms with Gasteiger partial charge < -0.3 is 10.1 Å². The molecule has 4 atom stereocenters. The van der Waals surface area contributed by atoms with Crippen LogP contribution in [0.1, 0.15) is 56.6 Å². The largest absolute Gasteiger partial charge is 0.444 e. The summed E-state index contributed by atoms with van der Waals surface area (Å²) in [5.74, 6) is -17.9. The van der Waals surface area contributed by atoms with Crippen LogP contribution in [0, 0.1) is 46.5 Å². The Bertz CT molecular complexity index is 1900. The first-order valence-corrected chi connectivity index (χ1v) is 19.1. The number of sulfone groups is 2. The van der Waals surface area contributed by atoms with E-state index in [1.807, 2.05) is 0 Å². The molecule has 2 aromatic rings. The standard InChI is InChI=1S/C18H21F4NO5S.C13H13F4NO3S.2ClH/c1-18(2,3)28-17(25)23-7-9(5-12(23)13(24)8-29(4,26)27)14-15(21)10(19)6-11(20)16(14)22;1-22(20,21)5-10(19)9-2-6(4-18-9)11-12(16)7(14)3-8(15)13(11)17;;/h6,9,12H,5,7-8H2,1-4H3;3,6,9,18H,2,4-5H2,1H3;2*1H/t9-,12?;6-,9?;;/m11../s1. The second-order valence-electron chi connectivity index (χ2n) is 13.3. The van der Waals surface area contributed by atoms with Crippen LogP contribution in [-0.2, 0) is 34.0 Å². The molecule has 0 radical (unpaired) electrons. The molecule has 1 N–H and O–H groups in total. The monoisotopic (exact) mass is 850 g/mol. The van der Waals surface area contributed by atoms with E-state index >= 15 is 0 Å². The van der Waals surface area contributed by atoms with Crippen molar-refractivity contribution in [3.63, 3.8) is 0 Å². The fourth-order valence-electron chi connectivity index (χ4n) is 5.69. The number of ketones is 2. The molecular formula is C31H36Cl2F8N2O8S2. The molecular weight excluding hydrogens is 815 g/mol. The summed E-state index contributed by atoms with van der Waals surface area (Å²) in [6.45, 7) is 4.08. The van der Waals surface area contributed by atoms with E-state index < -0.39 is 149 Å². The van der Waals surface area contributed by atoms with Crippen LogP contribution in [0.4, 0.5) is 39.9 Å². The first-order valence-electron chi connectivity index (χ1n) is 15.0. The summed E-state index contributed by atoms with van der Waals surface area (Å²) in [5.41, 5.74) is -2.67. The number of Topliss-reactive ketones (excluding diaryl/α,β-unsaturated/α-hetero) is 2. The number of ether oxygens (including phenoxy) is 1. The molecule has 2 saturated heterocycles. The lowest BCUT2D eigenvalue weighted by Crippen LogP contribution is -2.45. The molecule has 2 unspecified atom stereocenters. The maximum atomic E-state index is 14.2. The lowest BCUT2D eigenvalue weighted by molar-refractivity contribution is -0.121. The molecule has 1 amide bonds. The third-order valence-corrected chi connectivity index (χ3v) is 9.35. The molecule has 300 valence electrons. The van der Waals surface area contributed by atoms with Crippen molar-refractivity contribution in [3.8, 4) is 0 Å². The molecule has 4 rings (SSSR count). The van der Waals surface area contributed by atoms with Crippen molar-refractivity contribution in [3.05, 3.63) is 69.8 Å². The quantitative estimate of drug-likeness (QED) is 0.284. The predicted octanol–water partition coefficient (Wildman–Crippen LogP) is 5.10. The van der Waals surface area contributed by atoms with Crippen LogP contribution in [0.25, 0.3) is 0 Å². The van der Waals surface area contributed by atoms with Gasteiger partial charge in [0.05, 0.1) is 12.1 Å². The van der Waals surface area contributed by atoms with Crippen LogP contribution in [0.2, 0.25) is 0 Å². The van der Waals surface area contributed by atoms with Gasteiger partial charge in [-0.3, -0.25) is 14.5 Å². The van der Waals surface area contributed by atoms with Crippen molar-refractivity contribution >= 4 is 62.1 Å². The number of nitrogens with zero attached hydrogens (tertiary/aromatic N) is 1. The molecule has 2 aromatic carbocycles. The Morgan fingerprint density at radius 3 is 1.51 bits per heavy atom. The van der Waals surface area contributed by atoms with Gasteiger partial charge in [0.25, 0.3) is 0 Å². The number of amides is 1. The summed E-state index contributed by atoms with van der Waals surface area (Å²) in [6.07, 6.45) is 0.148. The highest BCUT2D eigenvalue weighted by Gasteiger charge is 2.45. The molecule has 2 aliphatic rings. The lowest BCUT2D eigenvalue weighted by atomic mass is 9.94. The average Bonchev–Trinajstić information content (AvgIpc) is 3.62. The Kier molecular flexibility index (Phi) is 16.3. The lowest BCUT2D eigenvalue weighted by Gasteiger charge is -2.27. The fourth-order valence-corrected chi connectivity index (χ4v) is 7.11. The van der Waals surface area contributed by atoms with E-state index in [1.54, 1.807) is 20.8 Å². The molecule has 2 fully saturated rings. The van der Waals surface area contributed by atoms with Gasteiger partial charge in [-0.1, -0.05) is 0 Å². The van der Waals surface area contributed by atoms with Crippen LogP contribution in [0.3, 0.4) is 0 Å². The van der Waals surface area contributed by atoms with E-state index in [-0.39, 0.29) is 49.9 Å². The highest BCUT2D eigenvalue weighted by molar-refractivity contribution is 7.91. The third kappa shape index (κ3) is 12.5. The van der Waals surface area contributed by atoms with Crippen LogP contribution in [0.5, 0.6) is 0 Å². The number of hydrogen-bond donors (Lipinski definition) is 1. The first-order chi connectivity index (χ1) is 23.2. The van der Waals surface area contributed by atoms with Gasteiger partial charge in [0, 0.05) is 60.7 Å². The summed E-state index contributed by atoms with van der Waals surface area (Å²) >= 11 is 0.